The molecular formula is C20H22N4O6S. The molecule has 1 atom stereocenters. The van der Waals surface area contributed by atoms with Crippen molar-refractivity contribution < 1.29 is 22.8 Å². The Morgan fingerprint density at radius 3 is 2.32 bits per heavy atom. The summed E-state index contributed by atoms with van der Waals surface area (Å²) in [5.74, 6) is 1.29. The van der Waals surface area contributed by atoms with Crippen LogP contribution < -0.4 is 14.2 Å². The molecule has 1 heterocycles. The van der Waals surface area contributed by atoms with E-state index < -0.39 is 31.6 Å². The van der Waals surface area contributed by atoms with Gasteiger partial charge >= 0.3 is 0 Å². The standard InChI is InChI=1S/C20H22N4O6S/c1-13-6-5-7-17(24(25)26)19(13)31(27,28)22-18(20-21-8-9-23(20)2)14-10-15(29-3)12-16(11-14)30-4/h5-12,18,22H,1-4H3. The number of nitro groups is 1. The second-order valence-corrected chi connectivity index (χ2v) is 8.43. The lowest BCUT2D eigenvalue weighted by Crippen LogP contribution is -2.32. The SMILES string of the molecule is COc1cc(OC)cc(C(NS(=O)(=O)c2c(C)cccc2[N+](=O)[O-])c2nccn2C)c1. The van der Waals surface area contributed by atoms with Crippen LogP contribution in [0.4, 0.5) is 5.69 Å². The van der Waals surface area contributed by atoms with Gasteiger partial charge in [0.25, 0.3) is 5.69 Å². The van der Waals surface area contributed by atoms with Crippen LogP contribution in [0.15, 0.2) is 53.7 Å². The van der Waals surface area contributed by atoms with Crippen LogP contribution in [-0.4, -0.2) is 37.1 Å². The van der Waals surface area contributed by atoms with Crippen LogP contribution in [0, 0.1) is 17.0 Å². The fourth-order valence-electron chi connectivity index (χ4n) is 3.27. The van der Waals surface area contributed by atoms with Crippen molar-refractivity contribution in [3.8, 4) is 11.5 Å². The first-order valence-electron chi connectivity index (χ1n) is 9.14. The molecule has 0 saturated heterocycles. The van der Waals surface area contributed by atoms with E-state index in [2.05, 4.69) is 9.71 Å². The van der Waals surface area contributed by atoms with Gasteiger partial charge in [-0.25, -0.2) is 13.4 Å². The lowest BCUT2D eigenvalue weighted by atomic mass is 10.1. The molecule has 0 amide bonds. The van der Waals surface area contributed by atoms with Gasteiger partial charge < -0.3 is 14.0 Å². The second-order valence-electron chi connectivity index (χ2n) is 6.78. The molecule has 1 unspecified atom stereocenters. The molecule has 2 aromatic carbocycles. The highest BCUT2D eigenvalue weighted by Gasteiger charge is 2.32. The normalized spacial score (nSPS) is 12.4. The minimum atomic E-state index is -4.32. The van der Waals surface area contributed by atoms with E-state index in [9.17, 15) is 18.5 Å². The van der Waals surface area contributed by atoms with Gasteiger partial charge in [0.1, 0.15) is 23.4 Å². The van der Waals surface area contributed by atoms with Crippen LogP contribution in [-0.2, 0) is 17.1 Å². The number of sulfonamides is 1. The second kappa shape index (κ2) is 8.74. The zero-order chi connectivity index (χ0) is 22.8. The molecule has 164 valence electrons. The Bertz CT molecular complexity index is 1200. The third-order valence-electron chi connectivity index (χ3n) is 4.75. The first kappa shape index (κ1) is 22.2. The molecular weight excluding hydrogens is 424 g/mol. The number of aryl methyl sites for hydroxylation is 2. The van der Waals surface area contributed by atoms with E-state index in [4.69, 9.17) is 9.47 Å². The Morgan fingerprint density at radius 1 is 1.16 bits per heavy atom. The smallest absolute Gasteiger partial charge is 0.289 e. The number of nitrogens with one attached hydrogen (secondary N) is 1. The summed E-state index contributed by atoms with van der Waals surface area (Å²) in [6.45, 7) is 1.51. The monoisotopic (exact) mass is 446 g/mol. The molecule has 10 nitrogen and oxygen atoms in total. The number of hydrogen-bond acceptors (Lipinski definition) is 7. The molecule has 0 spiro atoms. The molecule has 3 aromatic rings. The Kier molecular flexibility index (Phi) is 6.27. The number of aromatic nitrogens is 2. The van der Waals surface area contributed by atoms with Crippen molar-refractivity contribution in [2.75, 3.05) is 14.2 Å². The highest BCUT2D eigenvalue weighted by Crippen LogP contribution is 2.33. The summed E-state index contributed by atoms with van der Waals surface area (Å²) >= 11 is 0. The Hall–Kier alpha value is -3.44. The van der Waals surface area contributed by atoms with Crippen LogP contribution in [0.1, 0.15) is 23.0 Å². The number of imidazole rings is 1. The number of rotatable bonds is 8. The molecule has 0 saturated carbocycles. The zero-order valence-electron chi connectivity index (χ0n) is 17.4. The van der Waals surface area contributed by atoms with Crippen molar-refractivity contribution in [2.45, 2.75) is 17.9 Å². The van der Waals surface area contributed by atoms with Crippen molar-refractivity contribution in [1.29, 1.82) is 0 Å². The minimum Gasteiger partial charge on any atom is -0.497 e. The molecule has 0 aliphatic rings. The first-order chi connectivity index (χ1) is 14.7. The van der Waals surface area contributed by atoms with Gasteiger partial charge in [-0.05, 0) is 30.2 Å². The third-order valence-corrected chi connectivity index (χ3v) is 6.37. The molecule has 0 aliphatic carbocycles. The number of methoxy groups -OCH3 is 2. The number of hydrogen-bond donors (Lipinski definition) is 1. The molecule has 3 rings (SSSR count). The summed E-state index contributed by atoms with van der Waals surface area (Å²) in [6.07, 6.45) is 3.20. The Balaban J connectivity index is 2.18. The third kappa shape index (κ3) is 4.52. The summed E-state index contributed by atoms with van der Waals surface area (Å²) in [6, 6.07) is 8.09. The van der Waals surface area contributed by atoms with Gasteiger partial charge in [0, 0.05) is 31.6 Å². The highest BCUT2D eigenvalue weighted by molar-refractivity contribution is 7.89. The molecule has 0 fully saturated rings. The van der Waals surface area contributed by atoms with E-state index in [0.29, 0.717) is 22.9 Å². The van der Waals surface area contributed by atoms with E-state index in [1.807, 2.05) is 0 Å². The molecule has 11 heteroatoms. The quantitative estimate of drug-likeness (QED) is 0.416. The van der Waals surface area contributed by atoms with Crippen LogP contribution in [0.25, 0.3) is 0 Å². The van der Waals surface area contributed by atoms with Gasteiger partial charge in [0.2, 0.25) is 10.0 Å². The average Bonchev–Trinajstić information content (AvgIpc) is 3.16. The topological polar surface area (TPSA) is 126 Å². The van der Waals surface area contributed by atoms with Crippen LogP contribution in [0.2, 0.25) is 0 Å². The molecule has 31 heavy (non-hydrogen) atoms. The lowest BCUT2D eigenvalue weighted by molar-refractivity contribution is -0.387. The van der Waals surface area contributed by atoms with E-state index in [1.54, 1.807) is 36.0 Å². The van der Waals surface area contributed by atoms with Crippen molar-refractivity contribution in [2.24, 2.45) is 7.05 Å². The van der Waals surface area contributed by atoms with E-state index in [1.165, 1.54) is 39.5 Å². The van der Waals surface area contributed by atoms with Gasteiger partial charge in [-0.3, -0.25) is 10.1 Å². The molecule has 0 radical (unpaired) electrons. The van der Waals surface area contributed by atoms with Crippen molar-refractivity contribution in [3.05, 3.63) is 75.9 Å². The van der Waals surface area contributed by atoms with Gasteiger partial charge in [-0.1, -0.05) is 12.1 Å². The lowest BCUT2D eigenvalue weighted by Gasteiger charge is -2.21. The fraction of sp³-hybridized carbons (Fsp3) is 0.250. The van der Waals surface area contributed by atoms with Gasteiger partial charge in [-0.2, -0.15) is 4.72 Å². The van der Waals surface area contributed by atoms with Crippen molar-refractivity contribution in [1.82, 2.24) is 14.3 Å². The molecule has 0 aliphatic heterocycles. The molecule has 0 bridgehead atoms. The summed E-state index contributed by atoms with van der Waals surface area (Å²) in [7, 11) is 0.360. The summed E-state index contributed by atoms with van der Waals surface area (Å²) in [5, 5.41) is 11.5. The minimum absolute atomic E-state index is 0.253. The maximum atomic E-state index is 13.4. The van der Waals surface area contributed by atoms with Crippen molar-refractivity contribution in [3.63, 3.8) is 0 Å². The largest absolute Gasteiger partial charge is 0.497 e. The number of benzene rings is 2. The van der Waals surface area contributed by atoms with Crippen molar-refractivity contribution >= 4 is 15.7 Å². The van der Waals surface area contributed by atoms with Crippen LogP contribution >= 0.6 is 0 Å². The molecule has 1 aromatic heterocycles. The summed E-state index contributed by atoms with van der Waals surface area (Å²) in [4.78, 5) is 14.7. The number of ether oxygens (including phenoxy) is 2. The predicted molar refractivity (Wildman–Crippen MR) is 113 cm³/mol. The average molecular weight is 446 g/mol. The summed E-state index contributed by atoms with van der Waals surface area (Å²) < 4.78 is 41.6. The van der Waals surface area contributed by atoms with Crippen LogP contribution in [0.3, 0.4) is 0 Å². The maximum Gasteiger partial charge on any atom is 0.289 e. The highest BCUT2D eigenvalue weighted by atomic mass is 32.2. The number of nitro benzene ring substituents is 1. The fourth-order valence-corrected chi connectivity index (χ4v) is 4.85. The van der Waals surface area contributed by atoms with Gasteiger partial charge in [0.15, 0.2) is 4.90 Å². The van der Waals surface area contributed by atoms with Gasteiger partial charge in [0.05, 0.1) is 19.1 Å². The Morgan fingerprint density at radius 2 is 1.81 bits per heavy atom. The zero-order valence-corrected chi connectivity index (χ0v) is 18.2. The van der Waals surface area contributed by atoms with E-state index in [-0.39, 0.29) is 5.56 Å². The first-order valence-corrected chi connectivity index (χ1v) is 10.6. The Labute approximate surface area is 179 Å². The molecule has 1 N–H and O–H groups in total. The van der Waals surface area contributed by atoms with Gasteiger partial charge in [-0.15, -0.1) is 0 Å². The van der Waals surface area contributed by atoms with E-state index >= 15 is 0 Å². The predicted octanol–water partition coefficient (Wildman–Crippen LogP) is 2.72. The van der Waals surface area contributed by atoms with Crippen LogP contribution in [0.5, 0.6) is 11.5 Å². The number of nitrogens with zero attached hydrogens (tertiary/aromatic N) is 3. The van der Waals surface area contributed by atoms with E-state index in [0.717, 1.165) is 6.07 Å². The summed E-state index contributed by atoms with van der Waals surface area (Å²) in [5.41, 5.74) is 0.239. The maximum absolute atomic E-state index is 13.4.